The van der Waals surface area contributed by atoms with Gasteiger partial charge in [-0.25, -0.2) is 9.97 Å². The van der Waals surface area contributed by atoms with E-state index in [4.69, 9.17) is 5.73 Å². The summed E-state index contributed by atoms with van der Waals surface area (Å²) in [5, 5.41) is 0. The molecule has 1 aromatic heterocycles. The van der Waals surface area contributed by atoms with Crippen LogP contribution >= 0.6 is 0 Å². The Bertz CT molecular complexity index is 366. The van der Waals surface area contributed by atoms with Crippen LogP contribution in [0.2, 0.25) is 0 Å². The van der Waals surface area contributed by atoms with Crippen molar-refractivity contribution in [3.05, 3.63) is 23.8 Å². The Morgan fingerprint density at radius 2 is 2.35 bits per heavy atom. The lowest BCUT2D eigenvalue weighted by atomic mass is 9.90. The van der Waals surface area contributed by atoms with Gasteiger partial charge in [-0.15, -0.1) is 0 Å². The fourth-order valence-electron chi connectivity index (χ4n) is 2.71. The van der Waals surface area contributed by atoms with E-state index in [-0.39, 0.29) is 0 Å². The molecule has 0 spiro atoms. The number of nitrogens with zero attached hydrogens (tertiary/aromatic N) is 3. The lowest BCUT2D eigenvalue weighted by Crippen LogP contribution is -2.48. The first-order chi connectivity index (χ1) is 8.20. The van der Waals surface area contributed by atoms with E-state index in [0.717, 1.165) is 31.2 Å². The van der Waals surface area contributed by atoms with E-state index >= 15 is 0 Å². The molecular formula is C13H22N4. The molecule has 2 N–H and O–H groups in total. The number of piperidine rings is 1. The molecule has 94 valence electrons. The second kappa shape index (κ2) is 5.56. The lowest BCUT2D eigenvalue weighted by Gasteiger charge is -2.39. The van der Waals surface area contributed by atoms with Crippen LogP contribution in [0.3, 0.4) is 0 Å². The molecule has 0 aromatic carbocycles. The van der Waals surface area contributed by atoms with Gasteiger partial charge in [0.05, 0.1) is 5.69 Å². The second-order valence-corrected chi connectivity index (χ2v) is 4.99. The highest BCUT2D eigenvalue weighted by atomic mass is 15.2. The maximum Gasteiger partial charge on any atom is 0.125 e. The molecule has 0 saturated carbocycles. The van der Waals surface area contributed by atoms with Crippen molar-refractivity contribution in [2.24, 2.45) is 11.7 Å². The van der Waals surface area contributed by atoms with Crippen LogP contribution in [-0.2, 0) is 6.54 Å². The monoisotopic (exact) mass is 234 g/mol. The van der Waals surface area contributed by atoms with Crippen LogP contribution in [0.4, 0.5) is 0 Å². The highest BCUT2D eigenvalue weighted by Crippen LogP contribution is 2.23. The number of rotatable bonds is 3. The minimum Gasteiger partial charge on any atom is -0.329 e. The summed E-state index contributed by atoms with van der Waals surface area (Å²) in [4.78, 5) is 11.1. The van der Waals surface area contributed by atoms with Crippen molar-refractivity contribution in [2.75, 3.05) is 13.1 Å². The summed E-state index contributed by atoms with van der Waals surface area (Å²) in [5.74, 6) is 1.54. The summed E-state index contributed by atoms with van der Waals surface area (Å²) in [7, 11) is 0. The smallest absolute Gasteiger partial charge is 0.125 e. The Balaban J connectivity index is 2.06. The number of hydrogen-bond donors (Lipinski definition) is 1. The van der Waals surface area contributed by atoms with E-state index in [1.807, 2.05) is 19.2 Å². The van der Waals surface area contributed by atoms with Crippen molar-refractivity contribution >= 4 is 0 Å². The summed E-state index contributed by atoms with van der Waals surface area (Å²) < 4.78 is 0. The van der Waals surface area contributed by atoms with Gasteiger partial charge in [-0.05, 0) is 38.3 Å². The van der Waals surface area contributed by atoms with E-state index in [2.05, 4.69) is 21.8 Å². The van der Waals surface area contributed by atoms with Gasteiger partial charge >= 0.3 is 0 Å². The molecule has 0 aliphatic carbocycles. The molecule has 2 atom stereocenters. The standard InChI is InChI=1S/C13H22N4/c1-10-4-3-7-17(13(10)8-14)9-12-5-6-15-11(2)16-12/h5-6,10,13H,3-4,7-9,14H2,1-2H3. The molecule has 1 aliphatic rings. The van der Waals surface area contributed by atoms with E-state index in [9.17, 15) is 0 Å². The van der Waals surface area contributed by atoms with Crippen LogP contribution in [0.1, 0.15) is 31.3 Å². The maximum absolute atomic E-state index is 5.89. The first-order valence-corrected chi connectivity index (χ1v) is 6.43. The Morgan fingerprint density at radius 1 is 1.53 bits per heavy atom. The third kappa shape index (κ3) is 3.01. The zero-order valence-corrected chi connectivity index (χ0v) is 10.8. The van der Waals surface area contributed by atoms with Gasteiger partial charge < -0.3 is 5.73 Å². The molecule has 1 aliphatic heterocycles. The predicted molar refractivity (Wildman–Crippen MR) is 68.4 cm³/mol. The molecule has 1 aromatic rings. The molecule has 4 heteroatoms. The van der Waals surface area contributed by atoms with Crippen LogP contribution in [0, 0.1) is 12.8 Å². The summed E-state index contributed by atoms with van der Waals surface area (Å²) in [5.41, 5.74) is 7.00. The van der Waals surface area contributed by atoms with Crippen molar-refractivity contribution in [3.8, 4) is 0 Å². The fraction of sp³-hybridized carbons (Fsp3) is 0.692. The quantitative estimate of drug-likeness (QED) is 0.857. The van der Waals surface area contributed by atoms with Crippen molar-refractivity contribution in [2.45, 2.75) is 39.3 Å². The highest BCUT2D eigenvalue weighted by Gasteiger charge is 2.27. The molecule has 2 unspecified atom stereocenters. The van der Waals surface area contributed by atoms with Gasteiger partial charge in [0, 0.05) is 25.3 Å². The number of aromatic nitrogens is 2. The minimum absolute atomic E-state index is 0.499. The summed E-state index contributed by atoms with van der Waals surface area (Å²) in [6.45, 7) is 7.01. The average molecular weight is 234 g/mol. The maximum atomic E-state index is 5.89. The average Bonchev–Trinajstić information content (AvgIpc) is 2.29. The summed E-state index contributed by atoms with van der Waals surface area (Å²) in [6, 6.07) is 2.50. The normalized spacial score (nSPS) is 26.1. The van der Waals surface area contributed by atoms with Crippen LogP contribution in [0.15, 0.2) is 12.3 Å². The molecule has 1 fully saturated rings. The molecule has 17 heavy (non-hydrogen) atoms. The van der Waals surface area contributed by atoms with E-state index < -0.39 is 0 Å². The summed E-state index contributed by atoms with van der Waals surface area (Å²) in [6.07, 6.45) is 4.39. The van der Waals surface area contributed by atoms with Crippen molar-refractivity contribution in [1.29, 1.82) is 0 Å². The Kier molecular flexibility index (Phi) is 4.07. The van der Waals surface area contributed by atoms with Gasteiger partial charge in [-0.3, -0.25) is 4.90 Å². The van der Waals surface area contributed by atoms with Crippen molar-refractivity contribution in [3.63, 3.8) is 0 Å². The number of hydrogen-bond acceptors (Lipinski definition) is 4. The molecule has 0 amide bonds. The van der Waals surface area contributed by atoms with Gasteiger partial charge in [0.1, 0.15) is 5.82 Å². The second-order valence-electron chi connectivity index (χ2n) is 4.99. The zero-order chi connectivity index (χ0) is 12.3. The number of nitrogens with two attached hydrogens (primary N) is 1. The number of likely N-dealkylation sites (tertiary alicyclic amines) is 1. The van der Waals surface area contributed by atoms with Gasteiger partial charge in [0.2, 0.25) is 0 Å². The third-order valence-electron chi connectivity index (χ3n) is 3.67. The van der Waals surface area contributed by atoms with Gasteiger partial charge in [-0.2, -0.15) is 0 Å². The Labute approximate surface area is 103 Å². The van der Waals surface area contributed by atoms with Crippen molar-refractivity contribution in [1.82, 2.24) is 14.9 Å². The fourth-order valence-corrected chi connectivity index (χ4v) is 2.71. The molecule has 2 heterocycles. The molecular weight excluding hydrogens is 212 g/mol. The van der Waals surface area contributed by atoms with E-state index in [1.54, 1.807) is 0 Å². The molecule has 0 bridgehead atoms. The Morgan fingerprint density at radius 3 is 3.06 bits per heavy atom. The van der Waals surface area contributed by atoms with Crippen LogP contribution < -0.4 is 5.73 Å². The predicted octanol–water partition coefficient (Wildman–Crippen LogP) is 1.34. The molecule has 1 saturated heterocycles. The third-order valence-corrected chi connectivity index (χ3v) is 3.67. The van der Waals surface area contributed by atoms with Crippen LogP contribution in [0.5, 0.6) is 0 Å². The molecule has 4 nitrogen and oxygen atoms in total. The van der Waals surface area contributed by atoms with E-state index in [0.29, 0.717) is 12.0 Å². The van der Waals surface area contributed by atoms with Gasteiger partial charge in [0.25, 0.3) is 0 Å². The van der Waals surface area contributed by atoms with Crippen molar-refractivity contribution < 1.29 is 0 Å². The first-order valence-electron chi connectivity index (χ1n) is 6.43. The van der Waals surface area contributed by atoms with E-state index in [1.165, 1.54) is 12.8 Å². The largest absolute Gasteiger partial charge is 0.329 e. The SMILES string of the molecule is Cc1nccc(CN2CCCC(C)C2CN)n1. The summed E-state index contributed by atoms with van der Waals surface area (Å²) >= 11 is 0. The first kappa shape index (κ1) is 12.5. The molecule has 2 rings (SSSR count). The Hall–Kier alpha value is -1.00. The lowest BCUT2D eigenvalue weighted by molar-refractivity contribution is 0.0977. The molecule has 0 radical (unpaired) electrons. The zero-order valence-electron chi connectivity index (χ0n) is 10.8. The van der Waals surface area contributed by atoms with Crippen LogP contribution in [0.25, 0.3) is 0 Å². The van der Waals surface area contributed by atoms with Crippen LogP contribution in [-0.4, -0.2) is 34.0 Å². The highest BCUT2D eigenvalue weighted by molar-refractivity contribution is 5.02. The number of aryl methyl sites for hydroxylation is 1. The minimum atomic E-state index is 0.499. The van der Waals surface area contributed by atoms with Gasteiger partial charge in [0.15, 0.2) is 0 Å². The topological polar surface area (TPSA) is 55.0 Å². The van der Waals surface area contributed by atoms with Gasteiger partial charge in [-0.1, -0.05) is 6.92 Å².